The second kappa shape index (κ2) is 4.30. The maximum Gasteiger partial charge on any atom is 0.144 e. The molecule has 2 bridgehead atoms. The number of methoxy groups -OCH3 is 1. The number of carbonyl (C=O) groups excluding carboxylic acids is 1. The van der Waals surface area contributed by atoms with E-state index in [9.17, 15) is 4.79 Å². The highest BCUT2D eigenvalue weighted by Gasteiger charge is 2.51. The van der Waals surface area contributed by atoms with E-state index in [0.717, 1.165) is 19.4 Å². The summed E-state index contributed by atoms with van der Waals surface area (Å²) in [5.74, 6) is 0.303. The quantitative estimate of drug-likeness (QED) is 0.541. The van der Waals surface area contributed by atoms with Crippen LogP contribution in [-0.2, 0) is 14.3 Å². The Hall–Kier alpha value is -0.670. The highest BCUT2D eigenvalue weighted by Crippen LogP contribution is 2.43. The van der Waals surface area contributed by atoms with Crippen LogP contribution in [-0.4, -0.2) is 31.2 Å². The number of ketones is 1. The smallest absolute Gasteiger partial charge is 0.144 e. The fraction of sp³-hybridized carbons (Fsp3) is 0.769. The van der Waals surface area contributed by atoms with E-state index in [1.165, 1.54) is 0 Å². The van der Waals surface area contributed by atoms with Crippen molar-refractivity contribution in [2.75, 3.05) is 13.7 Å². The molecule has 1 fully saturated rings. The SMILES string of the molecule is COCCC[C@@]12C=C[C@@H](O1)[C@H](C)C(=O)[C@@H]2C. The Morgan fingerprint density at radius 2 is 2.25 bits per heavy atom. The first-order chi connectivity index (χ1) is 7.60. The summed E-state index contributed by atoms with van der Waals surface area (Å²) in [6.45, 7) is 4.66. The van der Waals surface area contributed by atoms with Crippen molar-refractivity contribution in [3.63, 3.8) is 0 Å². The van der Waals surface area contributed by atoms with Gasteiger partial charge in [0.15, 0.2) is 0 Å². The van der Waals surface area contributed by atoms with Gasteiger partial charge in [0.2, 0.25) is 0 Å². The molecule has 0 radical (unpaired) electrons. The first-order valence-corrected chi connectivity index (χ1v) is 6.00. The van der Waals surface area contributed by atoms with Gasteiger partial charge in [0.05, 0.1) is 11.7 Å². The van der Waals surface area contributed by atoms with Gasteiger partial charge in [0, 0.05) is 25.6 Å². The summed E-state index contributed by atoms with van der Waals surface area (Å²) in [4.78, 5) is 12.1. The van der Waals surface area contributed by atoms with Gasteiger partial charge in [0.25, 0.3) is 0 Å². The summed E-state index contributed by atoms with van der Waals surface area (Å²) in [6.07, 6.45) is 5.94. The lowest BCUT2D eigenvalue weighted by molar-refractivity contribution is -0.160. The number of hydrogen-bond acceptors (Lipinski definition) is 3. The summed E-state index contributed by atoms with van der Waals surface area (Å²) in [5, 5.41) is 0. The molecule has 4 atom stereocenters. The molecular weight excluding hydrogens is 204 g/mol. The first-order valence-electron chi connectivity index (χ1n) is 6.00. The summed E-state index contributed by atoms with van der Waals surface area (Å²) < 4.78 is 11.1. The standard InChI is InChI=1S/C13H20O3/c1-9-11-5-7-13(16-11,6-4-8-15-3)10(2)12(9)14/h5,7,9-11H,4,6,8H2,1-3H3/t9-,10-,11+,13-/m0/s1. The molecule has 1 saturated heterocycles. The normalized spacial score (nSPS) is 41.7. The van der Waals surface area contributed by atoms with Gasteiger partial charge in [0.1, 0.15) is 5.78 Å². The van der Waals surface area contributed by atoms with Gasteiger partial charge in [-0.1, -0.05) is 26.0 Å². The number of fused-ring (bicyclic) bond motifs is 2. The number of Topliss-reactive ketones (excluding diaryl/α,β-unsaturated/α-hetero) is 1. The van der Waals surface area contributed by atoms with Crippen molar-refractivity contribution in [1.29, 1.82) is 0 Å². The van der Waals surface area contributed by atoms with Gasteiger partial charge < -0.3 is 9.47 Å². The zero-order valence-electron chi connectivity index (χ0n) is 10.2. The maximum atomic E-state index is 12.1. The van der Waals surface area contributed by atoms with E-state index >= 15 is 0 Å². The molecule has 0 unspecified atom stereocenters. The predicted molar refractivity (Wildman–Crippen MR) is 61.2 cm³/mol. The van der Waals surface area contributed by atoms with Gasteiger partial charge >= 0.3 is 0 Å². The lowest BCUT2D eigenvalue weighted by Crippen LogP contribution is -2.50. The van der Waals surface area contributed by atoms with Crippen LogP contribution in [0.25, 0.3) is 0 Å². The van der Waals surface area contributed by atoms with Gasteiger partial charge in [-0.25, -0.2) is 0 Å². The van der Waals surface area contributed by atoms with Crippen LogP contribution in [0.5, 0.6) is 0 Å². The molecule has 16 heavy (non-hydrogen) atoms. The Bertz CT molecular complexity index is 310. The molecule has 2 aliphatic rings. The van der Waals surface area contributed by atoms with Gasteiger partial charge in [-0.05, 0) is 12.8 Å². The molecule has 2 aliphatic heterocycles. The molecule has 2 heterocycles. The monoisotopic (exact) mass is 224 g/mol. The zero-order valence-corrected chi connectivity index (χ0v) is 10.2. The van der Waals surface area contributed by atoms with E-state index in [1.54, 1.807) is 7.11 Å². The number of carbonyl (C=O) groups is 1. The second-order valence-electron chi connectivity index (χ2n) is 4.91. The molecule has 3 heteroatoms. The predicted octanol–water partition coefficient (Wildman–Crippen LogP) is 1.96. The molecular formula is C13H20O3. The summed E-state index contributed by atoms with van der Waals surface area (Å²) in [5.41, 5.74) is -0.354. The average molecular weight is 224 g/mol. The molecule has 0 saturated carbocycles. The largest absolute Gasteiger partial charge is 0.385 e. The number of ether oxygens (including phenoxy) is 2. The highest BCUT2D eigenvalue weighted by molar-refractivity contribution is 5.86. The van der Waals surface area contributed by atoms with Gasteiger partial charge in [-0.3, -0.25) is 4.79 Å². The fourth-order valence-electron chi connectivity index (χ4n) is 2.75. The van der Waals surface area contributed by atoms with Crippen LogP contribution >= 0.6 is 0 Å². The molecule has 0 amide bonds. The van der Waals surface area contributed by atoms with Gasteiger partial charge in [-0.2, -0.15) is 0 Å². The van der Waals surface area contributed by atoms with Crippen LogP contribution in [0.3, 0.4) is 0 Å². The third kappa shape index (κ3) is 1.72. The van der Waals surface area contributed by atoms with E-state index < -0.39 is 0 Å². The molecule has 0 aromatic heterocycles. The second-order valence-corrected chi connectivity index (χ2v) is 4.91. The van der Waals surface area contributed by atoms with Crippen molar-refractivity contribution in [2.24, 2.45) is 11.8 Å². The summed E-state index contributed by atoms with van der Waals surface area (Å²) >= 11 is 0. The Morgan fingerprint density at radius 1 is 1.50 bits per heavy atom. The third-order valence-electron chi connectivity index (χ3n) is 3.94. The third-order valence-corrected chi connectivity index (χ3v) is 3.94. The Balaban J connectivity index is 2.10. The fourth-order valence-corrected chi connectivity index (χ4v) is 2.75. The lowest BCUT2D eigenvalue weighted by Gasteiger charge is -2.41. The number of hydrogen-bond donors (Lipinski definition) is 0. The van der Waals surface area contributed by atoms with Crippen molar-refractivity contribution in [1.82, 2.24) is 0 Å². The van der Waals surface area contributed by atoms with Crippen LogP contribution in [0.4, 0.5) is 0 Å². The minimum atomic E-state index is -0.354. The summed E-state index contributed by atoms with van der Waals surface area (Å²) in [6, 6.07) is 0. The Kier molecular flexibility index (Phi) is 3.17. The molecule has 2 rings (SSSR count). The molecule has 90 valence electrons. The molecule has 0 aromatic rings. The van der Waals surface area contributed by atoms with Crippen molar-refractivity contribution in [3.8, 4) is 0 Å². The van der Waals surface area contributed by atoms with Gasteiger partial charge in [-0.15, -0.1) is 0 Å². The maximum absolute atomic E-state index is 12.1. The van der Waals surface area contributed by atoms with E-state index in [4.69, 9.17) is 9.47 Å². The topological polar surface area (TPSA) is 35.5 Å². The molecule has 0 spiro atoms. The van der Waals surface area contributed by atoms with E-state index in [1.807, 2.05) is 13.8 Å². The van der Waals surface area contributed by atoms with Crippen LogP contribution in [0.2, 0.25) is 0 Å². The molecule has 0 aromatic carbocycles. The van der Waals surface area contributed by atoms with Crippen molar-refractivity contribution >= 4 is 5.78 Å². The first kappa shape index (κ1) is 11.8. The van der Waals surface area contributed by atoms with Crippen LogP contribution in [0, 0.1) is 11.8 Å². The minimum absolute atomic E-state index is 0.00398. The molecule has 0 aliphatic carbocycles. The summed E-state index contributed by atoms with van der Waals surface area (Å²) in [7, 11) is 1.70. The van der Waals surface area contributed by atoms with E-state index in [2.05, 4.69) is 12.2 Å². The minimum Gasteiger partial charge on any atom is -0.385 e. The number of rotatable bonds is 4. The van der Waals surface area contributed by atoms with Crippen molar-refractivity contribution in [2.45, 2.75) is 38.4 Å². The van der Waals surface area contributed by atoms with Crippen LogP contribution in [0.15, 0.2) is 12.2 Å². The van der Waals surface area contributed by atoms with E-state index in [-0.39, 0.29) is 23.5 Å². The van der Waals surface area contributed by atoms with Crippen molar-refractivity contribution < 1.29 is 14.3 Å². The highest BCUT2D eigenvalue weighted by atomic mass is 16.5. The Morgan fingerprint density at radius 3 is 2.94 bits per heavy atom. The van der Waals surface area contributed by atoms with Crippen molar-refractivity contribution in [3.05, 3.63) is 12.2 Å². The van der Waals surface area contributed by atoms with E-state index in [0.29, 0.717) is 5.78 Å². The average Bonchev–Trinajstić information content (AvgIpc) is 2.68. The molecule has 3 nitrogen and oxygen atoms in total. The lowest BCUT2D eigenvalue weighted by atomic mass is 9.77. The van der Waals surface area contributed by atoms with Crippen LogP contribution in [0.1, 0.15) is 26.7 Å². The zero-order chi connectivity index (χ0) is 11.8. The van der Waals surface area contributed by atoms with Crippen LogP contribution < -0.4 is 0 Å². The molecule has 0 N–H and O–H groups in total. The Labute approximate surface area is 96.8 Å².